The predicted octanol–water partition coefficient (Wildman–Crippen LogP) is 2.68. The molecule has 1 fully saturated rings. The molecule has 0 radical (unpaired) electrons. The number of thiophene rings is 1. The molecule has 0 aromatic carbocycles. The van der Waals surface area contributed by atoms with E-state index in [0.29, 0.717) is 29.0 Å². The summed E-state index contributed by atoms with van der Waals surface area (Å²) in [7, 11) is 1.33. The van der Waals surface area contributed by atoms with Gasteiger partial charge in [0.05, 0.1) is 18.9 Å². The molecule has 1 aliphatic rings. The van der Waals surface area contributed by atoms with Crippen LogP contribution in [0.25, 0.3) is 0 Å². The molecule has 0 bridgehead atoms. The van der Waals surface area contributed by atoms with E-state index in [9.17, 15) is 9.59 Å². The molecule has 1 aromatic heterocycles. The van der Waals surface area contributed by atoms with Gasteiger partial charge in [-0.25, -0.2) is 4.79 Å². The summed E-state index contributed by atoms with van der Waals surface area (Å²) in [6, 6.07) is 1.72. The molecule has 1 heterocycles. The zero-order valence-electron chi connectivity index (χ0n) is 11.7. The molecule has 110 valence electrons. The molecule has 0 spiro atoms. The molecule has 6 heteroatoms. The van der Waals surface area contributed by atoms with E-state index >= 15 is 0 Å². The molecule has 0 unspecified atom stereocenters. The molecule has 2 rings (SSSR count). The molecule has 1 aliphatic carbocycles. The monoisotopic (exact) mass is 297 g/mol. The normalized spacial score (nSPS) is 21.1. The molecule has 1 N–H and O–H groups in total. The summed E-state index contributed by atoms with van der Waals surface area (Å²) in [6.45, 7) is 2.70. The van der Waals surface area contributed by atoms with Crippen LogP contribution in [0.3, 0.4) is 0 Å². The van der Waals surface area contributed by atoms with Crippen molar-refractivity contribution in [1.29, 1.82) is 0 Å². The van der Waals surface area contributed by atoms with Crippen molar-refractivity contribution in [2.75, 3.05) is 19.0 Å². The van der Waals surface area contributed by atoms with Crippen LogP contribution in [0.2, 0.25) is 0 Å². The number of ether oxygens (including phenoxy) is 2. The SMILES string of the molecule is CCOC1CC(CC(=O)Nc2ccsc2C(=O)OC)C1. The van der Waals surface area contributed by atoms with Crippen molar-refractivity contribution in [1.82, 2.24) is 0 Å². The Bertz CT molecular complexity index is 479. The third kappa shape index (κ3) is 3.58. The summed E-state index contributed by atoms with van der Waals surface area (Å²) in [5, 5.41) is 4.54. The zero-order chi connectivity index (χ0) is 14.5. The molecule has 1 aromatic rings. The maximum atomic E-state index is 11.9. The fourth-order valence-corrected chi connectivity index (χ4v) is 3.10. The first-order chi connectivity index (χ1) is 9.63. The quantitative estimate of drug-likeness (QED) is 0.820. The molecule has 0 aliphatic heterocycles. The fourth-order valence-electron chi connectivity index (χ4n) is 2.33. The summed E-state index contributed by atoms with van der Waals surface area (Å²) in [6.07, 6.45) is 2.66. The lowest BCUT2D eigenvalue weighted by Gasteiger charge is -2.34. The van der Waals surface area contributed by atoms with E-state index in [-0.39, 0.29) is 5.91 Å². The van der Waals surface area contributed by atoms with E-state index < -0.39 is 5.97 Å². The highest BCUT2D eigenvalue weighted by molar-refractivity contribution is 7.12. The summed E-state index contributed by atoms with van der Waals surface area (Å²) in [4.78, 5) is 23.9. The average Bonchev–Trinajstić information content (AvgIpc) is 2.83. The minimum atomic E-state index is -0.421. The first kappa shape index (κ1) is 15.0. The van der Waals surface area contributed by atoms with Crippen LogP contribution >= 0.6 is 11.3 Å². The number of rotatable bonds is 6. The lowest BCUT2D eigenvalue weighted by atomic mass is 9.80. The Morgan fingerprint density at radius 2 is 2.20 bits per heavy atom. The van der Waals surface area contributed by atoms with Crippen molar-refractivity contribution in [3.63, 3.8) is 0 Å². The number of hydrogen-bond donors (Lipinski definition) is 1. The van der Waals surface area contributed by atoms with Crippen molar-refractivity contribution in [2.45, 2.75) is 32.3 Å². The minimum absolute atomic E-state index is 0.0616. The van der Waals surface area contributed by atoms with Crippen LogP contribution in [0.4, 0.5) is 5.69 Å². The average molecular weight is 297 g/mol. The van der Waals surface area contributed by atoms with E-state index in [4.69, 9.17) is 4.74 Å². The zero-order valence-corrected chi connectivity index (χ0v) is 12.5. The maximum absolute atomic E-state index is 11.9. The van der Waals surface area contributed by atoms with Crippen molar-refractivity contribution >= 4 is 28.9 Å². The molecule has 20 heavy (non-hydrogen) atoms. The van der Waals surface area contributed by atoms with Crippen LogP contribution in [0, 0.1) is 5.92 Å². The van der Waals surface area contributed by atoms with Crippen LogP contribution in [-0.4, -0.2) is 31.7 Å². The Balaban J connectivity index is 1.81. The Hall–Kier alpha value is -1.40. The van der Waals surface area contributed by atoms with E-state index in [2.05, 4.69) is 10.1 Å². The topological polar surface area (TPSA) is 64.6 Å². The number of methoxy groups -OCH3 is 1. The Labute approximate surface area is 122 Å². The Morgan fingerprint density at radius 1 is 1.45 bits per heavy atom. The van der Waals surface area contributed by atoms with Gasteiger partial charge < -0.3 is 14.8 Å². The van der Waals surface area contributed by atoms with Gasteiger partial charge in [-0.2, -0.15) is 0 Å². The number of carbonyl (C=O) groups is 2. The molecule has 1 saturated carbocycles. The van der Waals surface area contributed by atoms with E-state index in [0.717, 1.165) is 19.4 Å². The molecule has 5 nitrogen and oxygen atoms in total. The Morgan fingerprint density at radius 3 is 2.85 bits per heavy atom. The van der Waals surface area contributed by atoms with E-state index in [1.54, 1.807) is 11.4 Å². The second-order valence-corrected chi connectivity index (χ2v) is 5.74. The van der Waals surface area contributed by atoms with Crippen molar-refractivity contribution in [3.05, 3.63) is 16.3 Å². The summed E-state index contributed by atoms with van der Waals surface area (Å²) in [5.41, 5.74) is 0.535. The van der Waals surface area contributed by atoms with Gasteiger partial charge in [-0.15, -0.1) is 11.3 Å². The van der Waals surface area contributed by atoms with Gasteiger partial charge >= 0.3 is 5.97 Å². The van der Waals surface area contributed by atoms with Crippen molar-refractivity contribution in [3.8, 4) is 0 Å². The van der Waals surface area contributed by atoms with Crippen LogP contribution < -0.4 is 5.32 Å². The van der Waals surface area contributed by atoms with Gasteiger partial charge in [-0.05, 0) is 37.1 Å². The van der Waals surface area contributed by atoms with Crippen LogP contribution in [0.1, 0.15) is 35.9 Å². The first-order valence-corrected chi connectivity index (χ1v) is 7.59. The van der Waals surface area contributed by atoms with Gasteiger partial charge in [0.25, 0.3) is 0 Å². The van der Waals surface area contributed by atoms with Gasteiger partial charge in [0, 0.05) is 13.0 Å². The third-order valence-corrected chi connectivity index (χ3v) is 4.27. The number of amides is 1. The highest BCUT2D eigenvalue weighted by atomic mass is 32.1. The summed E-state index contributed by atoms with van der Waals surface area (Å²) < 4.78 is 10.1. The van der Waals surface area contributed by atoms with Gasteiger partial charge in [0.1, 0.15) is 4.88 Å². The molecular weight excluding hydrogens is 278 g/mol. The fraction of sp³-hybridized carbons (Fsp3) is 0.571. The lowest BCUT2D eigenvalue weighted by molar-refractivity contribution is -0.119. The van der Waals surface area contributed by atoms with Crippen LogP contribution in [0.5, 0.6) is 0 Å². The number of hydrogen-bond acceptors (Lipinski definition) is 5. The van der Waals surface area contributed by atoms with Crippen LogP contribution in [0.15, 0.2) is 11.4 Å². The van der Waals surface area contributed by atoms with E-state index in [1.165, 1.54) is 18.4 Å². The van der Waals surface area contributed by atoms with Crippen molar-refractivity contribution in [2.24, 2.45) is 5.92 Å². The molecule has 0 atom stereocenters. The molecular formula is C14H19NO4S. The van der Waals surface area contributed by atoms with Crippen LogP contribution in [-0.2, 0) is 14.3 Å². The second-order valence-electron chi connectivity index (χ2n) is 4.82. The van der Waals surface area contributed by atoms with Gasteiger partial charge in [-0.1, -0.05) is 0 Å². The lowest BCUT2D eigenvalue weighted by Crippen LogP contribution is -2.33. The van der Waals surface area contributed by atoms with Gasteiger partial charge in [0.2, 0.25) is 5.91 Å². The molecule has 1 amide bonds. The minimum Gasteiger partial charge on any atom is -0.465 e. The van der Waals surface area contributed by atoms with E-state index in [1.807, 2.05) is 6.92 Å². The number of nitrogens with one attached hydrogen (secondary N) is 1. The van der Waals surface area contributed by atoms with Crippen molar-refractivity contribution < 1.29 is 19.1 Å². The predicted molar refractivity (Wildman–Crippen MR) is 77.0 cm³/mol. The first-order valence-electron chi connectivity index (χ1n) is 6.71. The number of carbonyl (C=O) groups excluding carboxylic acids is 2. The number of anilines is 1. The standard InChI is InChI=1S/C14H19NO4S/c1-3-19-10-6-9(7-10)8-12(16)15-11-4-5-20-13(11)14(17)18-2/h4-5,9-10H,3,6-8H2,1-2H3,(H,15,16). The summed E-state index contributed by atoms with van der Waals surface area (Å²) in [5.74, 6) is -0.101. The maximum Gasteiger partial charge on any atom is 0.350 e. The Kier molecular flexibility index (Phi) is 5.14. The van der Waals surface area contributed by atoms with Gasteiger partial charge in [0.15, 0.2) is 0 Å². The van der Waals surface area contributed by atoms with Gasteiger partial charge in [-0.3, -0.25) is 4.79 Å². The third-order valence-electron chi connectivity index (χ3n) is 3.38. The second kappa shape index (κ2) is 6.85. The highest BCUT2D eigenvalue weighted by Gasteiger charge is 2.31. The number of esters is 1. The largest absolute Gasteiger partial charge is 0.465 e. The highest BCUT2D eigenvalue weighted by Crippen LogP contribution is 2.33. The smallest absolute Gasteiger partial charge is 0.350 e. The molecule has 0 saturated heterocycles. The summed E-state index contributed by atoms with van der Waals surface area (Å²) >= 11 is 1.26.